The van der Waals surface area contributed by atoms with Gasteiger partial charge < -0.3 is 4.74 Å². The van der Waals surface area contributed by atoms with E-state index in [4.69, 9.17) is 0 Å². The zero-order valence-electron chi connectivity index (χ0n) is 8.28. The lowest BCUT2D eigenvalue weighted by Crippen LogP contribution is -2.05. The monoisotopic (exact) mass is 231 g/mol. The number of esters is 1. The summed E-state index contributed by atoms with van der Waals surface area (Å²) in [6.07, 6.45) is -1.35. The number of nitrogens with zero attached hydrogens (tertiary/aromatic N) is 1. The number of carbonyl (C=O) groups is 1. The Hall–Kier alpha value is -1.85. The van der Waals surface area contributed by atoms with Crippen molar-refractivity contribution in [2.75, 3.05) is 7.11 Å². The number of aromatic nitrogens is 1. The molecule has 0 unspecified atom stereocenters. The Morgan fingerprint density at radius 2 is 2.12 bits per heavy atom. The number of ether oxygens (including phenoxy) is 1. The number of alkyl halides is 3. The molecule has 1 heterocycles. The molecular weight excluding hydrogens is 223 g/mol. The standard InChI is InChI=1S/C10H8F3NO2/c1-16-9(15)5-4-8-3-2-7(6-14-8)10(11,12)13/h2-6H,1H3. The van der Waals surface area contributed by atoms with E-state index in [1.807, 2.05) is 0 Å². The molecule has 0 aliphatic rings. The Labute approximate surface area is 89.6 Å². The highest BCUT2D eigenvalue weighted by atomic mass is 19.4. The first-order chi connectivity index (χ1) is 7.43. The number of carbonyl (C=O) groups excluding carboxylic acids is 1. The Kier molecular flexibility index (Phi) is 3.65. The lowest BCUT2D eigenvalue weighted by Gasteiger charge is -2.04. The van der Waals surface area contributed by atoms with E-state index in [-0.39, 0.29) is 5.69 Å². The Bertz CT molecular complexity index is 396. The average molecular weight is 231 g/mol. The fraction of sp³-hybridized carbons (Fsp3) is 0.200. The molecule has 0 aromatic carbocycles. The molecule has 3 nitrogen and oxygen atoms in total. The van der Waals surface area contributed by atoms with Crippen molar-refractivity contribution >= 4 is 12.0 Å². The van der Waals surface area contributed by atoms with E-state index in [2.05, 4.69) is 9.72 Å². The van der Waals surface area contributed by atoms with Crippen LogP contribution in [0.15, 0.2) is 24.4 Å². The average Bonchev–Trinajstić information content (AvgIpc) is 2.25. The van der Waals surface area contributed by atoms with Crippen LogP contribution in [-0.2, 0) is 15.7 Å². The molecule has 0 amide bonds. The lowest BCUT2D eigenvalue weighted by atomic mass is 10.2. The van der Waals surface area contributed by atoms with Gasteiger partial charge in [0.05, 0.1) is 18.4 Å². The molecule has 0 N–H and O–H groups in total. The summed E-state index contributed by atoms with van der Waals surface area (Å²) < 4.78 is 40.8. The van der Waals surface area contributed by atoms with Gasteiger partial charge in [-0.3, -0.25) is 4.98 Å². The zero-order valence-corrected chi connectivity index (χ0v) is 8.28. The number of hydrogen-bond acceptors (Lipinski definition) is 3. The number of halogens is 3. The van der Waals surface area contributed by atoms with Gasteiger partial charge in [-0.15, -0.1) is 0 Å². The third kappa shape index (κ3) is 3.38. The van der Waals surface area contributed by atoms with E-state index in [0.717, 1.165) is 12.1 Å². The number of hydrogen-bond donors (Lipinski definition) is 0. The van der Waals surface area contributed by atoms with E-state index < -0.39 is 17.7 Å². The molecule has 0 saturated heterocycles. The molecule has 0 bridgehead atoms. The second-order valence-corrected chi connectivity index (χ2v) is 2.83. The van der Waals surface area contributed by atoms with Gasteiger partial charge in [0, 0.05) is 12.3 Å². The van der Waals surface area contributed by atoms with Crippen molar-refractivity contribution in [1.29, 1.82) is 0 Å². The Morgan fingerprint density at radius 3 is 2.56 bits per heavy atom. The minimum Gasteiger partial charge on any atom is -0.466 e. The first-order valence-corrected chi connectivity index (χ1v) is 4.23. The first-order valence-electron chi connectivity index (χ1n) is 4.23. The number of rotatable bonds is 2. The van der Waals surface area contributed by atoms with Crippen LogP contribution in [0.5, 0.6) is 0 Å². The molecule has 1 rings (SSSR count). The van der Waals surface area contributed by atoms with Crippen LogP contribution in [0, 0.1) is 0 Å². The van der Waals surface area contributed by atoms with Gasteiger partial charge in [-0.25, -0.2) is 4.79 Å². The van der Waals surface area contributed by atoms with Gasteiger partial charge in [0.15, 0.2) is 0 Å². The summed E-state index contributed by atoms with van der Waals surface area (Å²) in [6, 6.07) is 2.06. The van der Waals surface area contributed by atoms with Crippen LogP contribution in [0.4, 0.5) is 13.2 Å². The van der Waals surface area contributed by atoms with E-state index in [0.29, 0.717) is 6.20 Å². The predicted octanol–water partition coefficient (Wildman–Crippen LogP) is 2.29. The molecule has 6 heteroatoms. The summed E-state index contributed by atoms with van der Waals surface area (Å²) in [4.78, 5) is 14.2. The molecule has 0 aliphatic heterocycles. The van der Waals surface area contributed by atoms with Crippen molar-refractivity contribution in [3.8, 4) is 0 Å². The molecule has 0 saturated carbocycles. The van der Waals surface area contributed by atoms with Crippen molar-refractivity contribution in [2.45, 2.75) is 6.18 Å². The van der Waals surface area contributed by atoms with Crippen molar-refractivity contribution < 1.29 is 22.7 Å². The van der Waals surface area contributed by atoms with Crippen LogP contribution in [-0.4, -0.2) is 18.1 Å². The van der Waals surface area contributed by atoms with Gasteiger partial charge in [-0.1, -0.05) is 0 Å². The lowest BCUT2D eigenvalue weighted by molar-refractivity contribution is -0.138. The first kappa shape index (κ1) is 12.2. The maximum absolute atomic E-state index is 12.2. The van der Waals surface area contributed by atoms with E-state index in [1.165, 1.54) is 19.3 Å². The summed E-state index contributed by atoms with van der Waals surface area (Å²) in [5.41, 5.74) is -0.582. The minimum absolute atomic E-state index is 0.249. The second-order valence-electron chi connectivity index (χ2n) is 2.83. The molecule has 0 aliphatic carbocycles. The molecule has 1 aromatic heterocycles. The van der Waals surface area contributed by atoms with Crippen molar-refractivity contribution in [2.24, 2.45) is 0 Å². The second kappa shape index (κ2) is 4.78. The van der Waals surface area contributed by atoms with Gasteiger partial charge in [-0.05, 0) is 18.2 Å². The third-order valence-electron chi connectivity index (χ3n) is 1.71. The Morgan fingerprint density at radius 1 is 1.44 bits per heavy atom. The topological polar surface area (TPSA) is 39.2 Å². The smallest absolute Gasteiger partial charge is 0.417 e. The zero-order chi connectivity index (χ0) is 12.2. The number of pyridine rings is 1. The van der Waals surface area contributed by atoms with Crippen LogP contribution in [0.25, 0.3) is 6.08 Å². The largest absolute Gasteiger partial charge is 0.466 e. The molecule has 0 radical (unpaired) electrons. The summed E-state index contributed by atoms with van der Waals surface area (Å²) in [7, 11) is 1.20. The van der Waals surface area contributed by atoms with E-state index in [1.54, 1.807) is 0 Å². The highest BCUT2D eigenvalue weighted by Crippen LogP contribution is 2.28. The third-order valence-corrected chi connectivity index (χ3v) is 1.71. The minimum atomic E-state index is -4.41. The van der Waals surface area contributed by atoms with Crippen LogP contribution < -0.4 is 0 Å². The van der Waals surface area contributed by atoms with E-state index in [9.17, 15) is 18.0 Å². The summed E-state index contributed by atoms with van der Waals surface area (Å²) >= 11 is 0. The van der Waals surface area contributed by atoms with Gasteiger partial charge >= 0.3 is 12.1 Å². The van der Waals surface area contributed by atoms with Gasteiger partial charge in [-0.2, -0.15) is 13.2 Å². The predicted molar refractivity (Wildman–Crippen MR) is 50.3 cm³/mol. The summed E-state index contributed by atoms with van der Waals surface area (Å²) in [5, 5.41) is 0. The fourth-order valence-electron chi connectivity index (χ4n) is 0.893. The van der Waals surface area contributed by atoms with Crippen LogP contribution in [0.1, 0.15) is 11.3 Å². The Balaban J connectivity index is 2.80. The van der Waals surface area contributed by atoms with Gasteiger partial charge in [0.25, 0.3) is 0 Å². The summed E-state index contributed by atoms with van der Waals surface area (Å²) in [5.74, 6) is -0.596. The van der Waals surface area contributed by atoms with E-state index >= 15 is 0 Å². The quantitative estimate of drug-likeness (QED) is 0.579. The molecule has 0 spiro atoms. The normalized spacial score (nSPS) is 11.8. The van der Waals surface area contributed by atoms with Crippen LogP contribution in [0.2, 0.25) is 0 Å². The molecule has 16 heavy (non-hydrogen) atoms. The highest BCUT2D eigenvalue weighted by Gasteiger charge is 2.30. The molecule has 86 valence electrons. The van der Waals surface area contributed by atoms with Crippen molar-refractivity contribution in [3.05, 3.63) is 35.7 Å². The SMILES string of the molecule is COC(=O)C=Cc1ccc(C(F)(F)F)cn1. The molecule has 1 aromatic rings. The van der Waals surface area contributed by atoms with Crippen LogP contribution in [0.3, 0.4) is 0 Å². The summed E-state index contributed by atoms with van der Waals surface area (Å²) in [6.45, 7) is 0. The van der Waals surface area contributed by atoms with Crippen molar-refractivity contribution in [1.82, 2.24) is 4.98 Å². The fourth-order valence-corrected chi connectivity index (χ4v) is 0.893. The molecule has 0 fully saturated rings. The van der Waals surface area contributed by atoms with Crippen molar-refractivity contribution in [3.63, 3.8) is 0 Å². The maximum atomic E-state index is 12.2. The number of methoxy groups -OCH3 is 1. The van der Waals surface area contributed by atoms with Gasteiger partial charge in [0.1, 0.15) is 0 Å². The van der Waals surface area contributed by atoms with Gasteiger partial charge in [0.2, 0.25) is 0 Å². The maximum Gasteiger partial charge on any atom is 0.417 e. The molecular formula is C10H8F3NO2. The highest BCUT2D eigenvalue weighted by molar-refractivity contribution is 5.86. The van der Waals surface area contributed by atoms with Crippen LogP contribution >= 0.6 is 0 Å². The molecule has 0 atom stereocenters.